The smallest absolute Gasteiger partial charge is 0.223 e. The van der Waals surface area contributed by atoms with Crippen LogP contribution in [0.1, 0.15) is 39.8 Å². The second-order valence-corrected chi connectivity index (χ2v) is 9.14. The number of nitrogens with zero attached hydrogens (tertiary/aromatic N) is 4. The summed E-state index contributed by atoms with van der Waals surface area (Å²) in [6.07, 6.45) is 4.48. The Morgan fingerprint density at radius 1 is 1.13 bits per heavy atom. The zero-order valence-corrected chi connectivity index (χ0v) is 18.5. The Morgan fingerprint density at radius 2 is 1.83 bits per heavy atom. The van der Waals surface area contributed by atoms with Gasteiger partial charge in [-0.2, -0.15) is 0 Å². The lowest BCUT2D eigenvalue weighted by atomic mass is 9.79. The molecule has 0 saturated heterocycles. The van der Waals surface area contributed by atoms with Crippen LogP contribution in [0.4, 0.5) is 0 Å². The van der Waals surface area contributed by atoms with Gasteiger partial charge in [0.15, 0.2) is 5.75 Å². The van der Waals surface area contributed by atoms with E-state index in [0.717, 1.165) is 23.4 Å². The van der Waals surface area contributed by atoms with Gasteiger partial charge in [-0.15, -0.1) is 5.10 Å². The molecule has 3 aromatic rings. The molecule has 160 valence electrons. The molecule has 0 bridgehead atoms. The lowest BCUT2D eigenvalue weighted by molar-refractivity contribution is 0.164. The monoisotopic (exact) mass is 410 g/mol. The largest absolute Gasteiger partial charge is 0.503 e. The zero-order chi connectivity index (χ0) is 22.1. The maximum atomic E-state index is 11.7. The van der Waals surface area contributed by atoms with Crippen molar-refractivity contribution >= 4 is 0 Å². The molecule has 0 radical (unpaired) electrons. The molecular formula is C23H30N4O3. The van der Waals surface area contributed by atoms with Crippen LogP contribution in [0.2, 0.25) is 0 Å². The predicted molar refractivity (Wildman–Crippen MR) is 117 cm³/mol. The van der Waals surface area contributed by atoms with Gasteiger partial charge in [0.05, 0.1) is 19.0 Å². The molecule has 0 aliphatic rings. The predicted octanol–water partition coefficient (Wildman–Crippen LogP) is 3.98. The van der Waals surface area contributed by atoms with Crippen LogP contribution in [-0.2, 0) is 12.1 Å². The average Bonchev–Trinajstić information content (AvgIpc) is 3.12. The number of hydrogen-bond donors (Lipinski definition) is 1. The Kier molecular flexibility index (Phi) is 5.74. The Bertz CT molecular complexity index is 1100. The summed E-state index contributed by atoms with van der Waals surface area (Å²) >= 11 is 0. The summed E-state index contributed by atoms with van der Waals surface area (Å²) in [5.74, 6) is 0.569. The molecule has 0 fully saturated rings. The summed E-state index contributed by atoms with van der Waals surface area (Å²) in [4.78, 5) is 11.7. The van der Waals surface area contributed by atoms with E-state index >= 15 is 0 Å². The minimum Gasteiger partial charge on any atom is -0.503 e. The van der Waals surface area contributed by atoms with E-state index in [2.05, 4.69) is 38.0 Å². The topological polar surface area (TPSA) is 82.2 Å². The van der Waals surface area contributed by atoms with Gasteiger partial charge in [-0.05, 0) is 44.7 Å². The van der Waals surface area contributed by atoms with Crippen molar-refractivity contribution in [2.45, 2.75) is 53.1 Å². The summed E-state index contributed by atoms with van der Waals surface area (Å²) in [6.45, 7) is 11.0. The van der Waals surface area contributed by atoms with Gasteiger partial charge in [-0.25, -0.2) is 0 Å². The summed E-state index contributed by atoms with van der Waals surface area (Å²) in [5.41, 5.74) is 1.45. The van der Waals surface area contributed by atoms with Crippen molar-refractivity contribution in [3.8, 4) is 22.8 Å². The highest BCUT2D eigenvalue weighted by Gasteiger charge is 2.32. The fraction of sp³-hybridized carbons (Fsp3) is 0.435. The SMILES string of the molecule is COc1ccccc1-c1cn(CC(C)(C)CC(C)(C)n2ccc(=O)c(O)c2C)nn1. The van der Waals surface area contributed by atoms with Gasteiger partial charge in [-0.3, -0.25) is 9.48 Å². The first-order valence-electron chi connectivity index (χ1n) is 9.99. The van der Waals surface area contributed by atoms with Gasteiger partial charge < -0.3 is 14.4 Å². The molecule has 2 heterocycles. The summed E-state index contributed by atoms with van der Waals surface area (Å²) in [7, 11) is 1.64. The van der Waals surface area contributed by atoms with Crippen LogP contribution in [0.5, 0.6) is 11.5 Å². The molecule has 0 aliphatic carbocycles. The molecule has 0 amide bonds. The molecule has 1 aromatic carbocycles. The Balaban J connectivity index is 1.81. The van der Waals surface area contributed by atoms with E-state index < -0.39 is 0 Å². The molecule has 0 spiro atoms. The first-order chi connectivity index (χ1) is 14.0. The molecular weight excluding hydrogens is 380 g/mol. The minimum absolute atomic E-state index is 0.125. The number of hydrogen-bond acceptors (Lipinski definition) is 5. The fourth-order valence-corrected chi connectivity index (χ4v) is 4.39. The molecule has 2 aromatic heterocycles. The Morgan fingerprint density at radius 3 is 2.53 bits per heavy atom. The van der Waals surface area contributed by atoms with E-state index in [-0.39, 0.29) is 22.1 Å². The lowest BCUT2D eigenvalue weighted by Crippen LogP contribution is -2.36. The first kappa shape index (κ1) is 21.6. The third kappa shape index (κ3) is 4.40. The number of aromatic hydroxyl groups is 1. The number of benzene rings is 1. The van der Waals surface area contributed by atoms with E-state index in [0.29, 0.717) is 12.2 Å². The van der Waals surface area contributed by atoms with Crippen molar-refractivity contribution in [1.82, 2.24) is 19.6 Å². The highest BCUT2D eigenvalue weighted by atomic mass is 16.5. The second kappa shape index (κ2) is 7.97. The van der Waals surface area contributed by atoms with Crippen molar-refractivity contribution in [2.75, 3.05) is 7.11 Å². The van der Waals surface area contributed by atoms with E-state index in [4.69, 9.17) is 4.74 Å². The molecule has 0 aliphatic heterocycles. The van der Waals surface area contributed by atoms with Crippen LogP contribution in [0.25, 0.3) is 11.3 Å². The third-order valence-corrected chi connectivity index (χ3v) is 5.39. The molecule has 0 unspecified atom stereocenters. The maximum Gasteiger partial charge on any atom is 0.223 e. The lowest BCUT2D eigenvalue weighted by Gasteiger charge is -2.38. The first-order valence-corrected chi connectivity index (χ1v) is 9.99. The van der Waals surface area contributed by atoms with Gasteiger partial charge in [0.2, 0.25) is 5.43 Å². The number of rotatable bonds is 7. The quantitative estimate of drug-likeness (QED) is 0.637. The number of aromatic nitrogens is 4. The maximum absolute atomic E-state index is 11.7. The third-order valence-electron chi connectivity index (χ3n) is 5.39. The number of methoxy groups -OCH3 is 1. The molecule has 0 saturated carbocycles. The zero-order valence-electron chi connectivity index (χ0n) is 18.5. The summed E-state index contributed by atoms with van der Waals surface area (Å²) in [5, 5.41) is 18.7. The molecule has 0 atom stereocenters. The van der Waals surface area contributed by atoms with Crippen molar-refractivity contribution in [1.29, 1.82) is 0 Å². The van der Waals surface area contributed by atoms with Crippen LogP contribution >= 0.6 is 0 Å². The van der Waals surface area contributed by atoms with Gasteiger partial charge in [0.1, 0.15) is 11.4 Å². The summed E-state index contributed by atoms with van der Waals surface area (Å²) in [6, 6.07) is 9.16. The molecule has 7 heteroatoms. The van der Waals surface area contributed by atoms with Crippen LogP contribution in [-0.4, -0.2) is 31.8 Å². The standard InChI is InChI=1S/C23H30N4O3/c1-16-21(29)19(28)11-12-27(16)23(4,5)14-22(2,3)15-26-13-18(24-25-26)17-9-7-8-10-20(17)30-6/h7-13,29H,14-15H2,1-6H3. The number of para-hydroxylation sites is 1. The van der Waals surface area contributed by atoms with Crippen LogP contribution in [0.15, 0.2) is 47.5 Å². The van der Waals surface area contributed by atoms with Crippen molar-refractivity contribution in [3.05, 3.63) is 58.6 Å². The number of ether oxygens (including phenoxy) is 1. The van der Waals surface area contributed by atoms with E-state index in [1.165, 1.54) is 6.07 Å². The van der Waals surface area contributed by atoms with Gasteiger partial charge in [0, 0.05) is 29.9 Å². The minimum atomic E-state index is -0.356. The second-order valence-electron chi connectivity index (χ2n) is 9.14. The Hall–Kier alpha value is -3.09. The van der Waals surface area contributed by atoms with Crippen molar-refractivity contribution in [2.24, 2.45) is 5.41 Å². The molecule has 7 nitrogen and oxygen atoms in total. The van der Waals surface area contributed by atoms with Gasteiger partial charge in [-0.1, -0.05) is 31.2 Å². The normalized spacial score (nSPS) is 12.2. The molecule has 3 rings (SSSR count). The highest BCUT2D eigenvalue weighted by molar-refractivity contribution is 5.65. The van der Waals surface area contributed by atoms with Crippen LogP contribution < -0.4 is 10.2 Å². The van der Waals surface area contributed by atoms with E-state index in [9.17, 15) is 9.90 Å². The average molecular weight is 411 g/mol. The van der Waals surface area contributed by atoms with Crippen molar-refractivity contribution in [3.63, 3.8) is 0 Å². The highest BCUT2D eigenvalue weighted by Crippen LogP contribution is 2.36. The van der Waals surface area contributed by atoms with Crippen LogP contribution in [0.3, 0.4) is 0 Å². The Labute approximate surface area is 176 Å². The van der Waals surface area contributed by atoms with E-state index in [1.54, 1.807) is 20.2 Å². The summed E-state index contributed by atoms with van der Waals surface area (Å²) < 4.78 is 9.25. The van der Waals surface area contributed by atoms with Gasteiger partial charge in [0.25, 0.3) is 0 Å². The van der Waals surface area contributed by atoms with Crippen LogP contribution in [0, 0.1) is 12.3 Å². The fourth-order valence-electron chi connectivity index (χ4n) is 4.39. The molecule has 30 heavy (non-hydrogen) atoms. The van der Waals surface area contributed by atoms with E-state index in [1.807, 2.05) is 39.7 Å². The molecule has 1 N–H and O–H groups in total. The van der Waals surface area contributed by atoms with Gasteiger partial charge >= 0.3 is 0 Å². The van der Waals surface area contributed by atoms with Crippen molar-refractivity contribution < 1.29 is 9.84 Å². The number of pyridine rings is 1.